The third kappa shape index (κ3) is 5.03. The van der Waals surface area contributed by atoms with Gasteiger partial charge in [0.05, 0.1) is 12.7 Å². The zero-order chi connectivity index (χ0) is 13.7. The van der Waals surface area contributed by atoms with E-state index in [0.717, 1.165) is 26.2 Å². The maximum Gasteiger partial charge on any atom is 0.0600 e. The highest BCUT2D eigenvalue weighted by Gasteiger charge is 2.25. The summed E-state index contributed by atoms with van der Waals surface area (Å²) in [4.78, 5) is 5.13. The van der Waals surface area contributed by atoms with E-state index in [4.69, 9.17) is 4.74 Å². The first-order chi connectivity index (χ1) is 9.05. The molecule has 0 aliphatic carbocycles. The Bertz CT molecular complexity index is 251. The zero-order valence-corrected chi connectivity index (χ0v) is 13.0. The molecular weight excluding hydrogens is 238 g/mol. The lowest BCUT2D eigenvalue weighted by molar-refractivity contribution is 0.00446. The molecule has 0 aromatic rings. The van der Waals surface area contributed by atoms with Crippen LogP contribution in [-0.2, 0) is 4.74 Å². The predicted molar refractivity (Wildman–Crippen MR) is 79.6 cm³/mol. The van der Waals surface area contributed by atoms with Gasteiger partial charge in [0.1, 0.15) is 0 Å². The molecule has 0 aromatic carbocycles. The van der Waals surface area contributed by atoms with Crippen LogP contribution in [0.4, 0.5) is 0 Å². The maximum atomic E-state index is 5.98. The van der Waals surface area contributed by atoms with E-state index in [1.807, 2.05) is 0 Å². The van der Waals surface area contributed by atoms with Crippen molar-refractivity contribution in [1.29, 1.82) is 0 Å². The third-order valence-corrected chi connectivity index (χ3v) is 4.37. The van der Waals surface area contributed by atoms with Gasteiger partial charge in [0.2, 0.25) is 0 Å². The van der Waals surface area contributed by atoms with E-state index >= 15 is 0 Å². The normalized spacial score (nSPS) is 24.8. The molecule has 2 rings (SSSR count). The SMILES string of the molecule is CC(C)(C)N1CCN(CCOC2CCNCC2)CC1. The summed E-state index contributed by atoms with van der Waals surface area (Å²) in [5.74, 6) is 0. The molecule has 0 unspecified atom stereocenters. The van der Waals surface area contributed by atoms with Gasteiger partial charge in [-0.2, -0.15) is 0 Å². The molecule has 0 spiro atoms. The van der Waals surface area contributed by atoms with Gasteiger partial charge < -0.3 is 10.1 Å². The molecule has 0 radical (unpaired) electrons. The average molecular weight is 269 g/mol. The minimum absolute atomic E-state index is 0.317. The Kier molecular flexibility index (Phi) is 5.63. The van der Waals surface area contributed by atoms with Crippen LogP contribution in [0.3, 0.4) is 0 Å². The zero-order valence-electron chi connectivity index (χ0n) is 13.0. The number of hydrogen-bond donors (Lipinski definition) is 1. The first kappa shape index (κ1) is 15.2. The van der Waals surface area contributed by atoms with Gasteiger partial charge in [0.15, 0.2) is 0 Å². The molecule has 2 fully saturated rings. The second-order valence-corrected chi connectivity index (χ2v) is 6.82. The lowest BCUT2D eigenvalue weighted by Crippen LogP contribution is -2.53. The lowest BCUT2D eigenvalue weighted by atomic mass is 10.1. The molecule has 1 N–H and O–H groups in total. The molecule has 2 heterocycles. The van der Waals surface area contributed by atoms with Gasteiger partial charge in [-0.1, -0.05) is 0 Å². The Balaban J connectivity index is 1.58. The van der Waals surface area contributed by atoms with Crippen molar-refractivity contribution >= 4 is 0 Å². The Labute approximate surface area is 118 Å². The standard InChI is InChI=1S/C15H31N3O/c1-15(2,3)18-10-8-17(9-11-18)12-13-19-14-4-6-16-7-5-14/h14,16H,4-13H2,1-3H3. The number of nitrogens with one attached hydrogen (secondary N) is 1. The van der Waals surface area contributed by atoms with E-state index in [2.05, 4.69) is 35.9 Å². The summed E-state index contributed by atoms with van der Waals surface area (Å²) in [7, 11) is 0. The van der Waals surface area contributed by atoms with Crippen LogP contribution in [0.25, 0.3) is 0 Å². The van der Waals surface area contributed by atoms with Crippen molar-refractivity contribution in [2.45, 2.75) is 45.3 Å². The Morgan fingerprint density at radius 1 is 1.05 bits per heavy atom. The summed E-state index contributed by atoms with van der Waals surface area (Å²) in [6.45, 7) is 15.9. The van der Waals surface area contributed by atoms with Gasteiger partial charge in [0, 0.05) is 38.3 Å². The molecule has 0 atom stereocenters. The van der Waals surface area contributed by atoms with Crippen molar-refractivity contribution in [2.75, 3.05) is 52.4 Å². The fourth-order valence-electron chi connectivity index (χ4n) is 2.95. The van der Waals surface area contributed by atoms with E-state index in [1.54, 1.807) is 0 Å². The molecule has 0 bridgehead atoms. The van der Waals surface area contributed by atoms with Gasteiger partial charge in [-0.3, -0.25) is 9.80 Å². The van der Waals surface area contributed by atoms with Crippen LogP contribution in [0, 0.1) is 0 Å². The lowest BCUT2D eigenvalue weighted by Gasteiger charge is -2.42. The minimum Gasteiger partial charge on any atom is -0.377 e. The van der Waals surface area contributed by atoms with Crippen LogP contribution in [0.5, 0.6) is 0 Å². The molecule has 19 heavy (non-hydrogen) atoms. The minimum atomic E-state index is 0.317. The van der Waals surface area contributed by atoms with Crippen LogP contribution < -0.4 is 5.32 Å². The second kappa shape index (κ2) is 7.02. The number of ether oxygens (including phenoxy) is 1. The van der Waals surface area contributed by atoms with Crippen molar-refractivity contribution in [3.63, 3.8) is 0 Å². The first-order valence-electron chi connectivity index (χ1n) is 7.85. The van der Waals surface area contributed by atoms with Gasteiger partial charge in [0.25, 0.3) is 0 Å². The number of piperidine rings is 1. The van der Waals surface area contributed by atoms with Gasteiger partial charge in [-0.15, -0.1) is 0 Å². The summed E-state index contributed by atoms with van der Waals surface area (Å²) in [5.41, 5.74) is 0.317. The van der Waals surface area contributed by atoms with Crippen molar-refractivity contribution in [3.8, 4) is 0 Å². The van der Waals surface area contributed by atoms with Gasteiger partial charge >= 0.3 is 0 Å². The van der Waals surface area contributed by atoms with Crippen molar-refractivity contribution in [1.82, 2.24) is 15.1 Å². The quantitative estimate of drug-likeness (QED) is 0.829. The summed E-state index contributed by atoms with van der Waals surface area (Å²) in [6, 6.07) is 0. The van der Waals surface area contributed by atoms with E-state index < -0.39 is 0 Å². The van der Waals surface area contributed by atoms with Crippen molar-refractivity contribution in [3.05, 3.63) is 0 Å². The van der Waals surface area contributed by atoms with Crippen LogP contribution in [0.2, 0.25) is 0 Å². The monoisotopic (exact) mass is 269 g/mol. The summed E-state index contributed by atoms with van der Waals surface area (Å²) in [6.07, 6.45) is 2.85. The second-order valence-electron chi connectivity index (χ2n) is 6.82. The molecule has 0 saturated carbocycles. The molecule has 112 valence electrons. The largest absolute Gasteiger partial charge is 0.377 e. The Hall–Kier alpha value is -0.160. The molecule has 0 aromatic heterocycles. The van der Waals surface area contributed by atoms with Crippen LogP contribution in [0.15, 0.2) is 0 Å². The smallest absolute Gasteiger partial charge is 0.0600 e. The van der Waals surface area contributed by atoms with E-state index in [0.29, 0.717) is 11.6 Å². The number of rotatable bonds is 4. The highest BCUT2D eigenvalue weighted by atomic mass is 16.5. The molecular formula is C15H31N3O. The number of piperazine rings is 1. The predicted octanol–water partition coefficient (Wildman–Crippen LogP) is 1.17. The third-order valence-electron chi connectivity index (χ3n) is 4.37. The molecule has 4 nitrogen and oxygen atoms in total. The fourth-order valence-corrected chi connectivity index (χ4v) is 2.95. The molecule has 4 heteroatoms. The van der Waals surface area contributed by atoms with E-state index in [9.17, 15) is 0 Å². The van der Waals surface area contributed by atoms with Gasteiger partial charge in [-0.25, -0.2) is 0 Å². The van der Waals surface area contributed by atoms with Gasteiger partial charge in [-0.05, 0) is 46.7 Å². The summed E-state index contributed by atoms with van der Waals surface area (Å²) < 4.78 is 5.98. The van der Waals surface area contributed by atoms with E-state index in [1.165, 1.54) is 39.0 Å². The highest BCUT2D eigenvalue weighted by Crippen LogP contribution is 2.15. The van der Waals surface area contributed by atoms with Crippen molar-refractivity contribution in [2.24, 2.45) is 0 Å². The van der Waals surface area contributed by atoms with E-state index in [-0.39, 0.29) is 0 Å². The summed E-state index contributed by atoms with van der Waals surface area (Å²) in [5, 5.41) is 3.38. The van der Waals surface area contributed by atoms with Crippen LogP contribution >= 0.6 is 0 Å². The first-order valence-corrected chi connectivity index (χ1v) is 7.85. The Morgan fingerprint density at radius 2 is 1.68 bits per heavy atom. The highest BCUT2D eigenvalue weighted by molar-refractivity contribution is 4.81. The van der Waals surface area contributed by atoms with Crippen LogP contribution in [-0.4, -0.2) is 73.9 Å². The summed E-state index contributed by atoms with van der Waals surface area (Å²) >= 11 is 0. The molecule has 2 aliphatic heterocycles. The van der Waals surface area contributed by atoms with Crippen molar-refractivity contribution < 1.29 is 4.74 Å². The molecule has 2 aliphatic rings. The number of nitrogens with zero attached hydrogens (tertiary/aromatic N) is 2. The molecule has 0 amide bonds. The number of hydrogen-bond acceptors (Lipinski definition) is 4. The Morgan fingerprint density at radius 3 is 2.26 bits per heavy atom. The average Bonchev–Trinajstić information content (AvgIpc) is 2.39. The topological polar surface area (TPSA) is 27.7 Å². The van der Waals surface area contributed by atoms with Crippen LogP contribution in [0.1, 0.15) is 33.6 Å². The maximum absolute atomic E-state index is 5.98. The fraction of sp³-hybridized carbons (Fsp3) is 1.00. The molecule has 2 saturated heterocycles.